The van der Waals surface area contributed by atoms with E-state index in [4.69, 9.17) is 19.9 Å². The summed E-state index contributed by atoms with van der Waals surface area (Å²) >= 11 is 0. The molecule has 32 heavy (non-hydrogen) atoms. The van der Waals surface area contributed by atoms with Crippen molar-refractivity contribution in [3.05, 3.63) is 105 Å². The number of benzene rings is 2. The fourth-order valence-corrected chi connectivity index (χ4v) is 3.94. The third kappa shape index (κ3) is 4.89. The molecule has 0 bridgehead atoms. The van der Waals surface area contributed by atoms with Gasteiger partial charge >= 0.3 is 5.69 Å². The van der Waals surface area contributed by atoms with Crippen LogP contribution in [0.15, 0.2) is 82.5 Å². The summed E-state index contributed by atoms with van der Waals surface area (Å²) in [7, 11) is 0. The molecule has 3 N–H and O–H groups in total. The highest BCUT2D eigenvalue weighted by atomic mass is 16.6. The lowest BCUT2D eigenvalue weighted by Gasteiger charge is -2.31. The molecule has 1 aliphatic rings. The minimum atomic E-state index is -1.06. The summed E-state index contributed by atoms with van der Waals surface area (Å²) in [6.07, 6.45) is -0.514. The Hall–Kier alpha value is -3.04. The van der Waals surface area contributed by atoms with Crippen molar-refractivity contribution < 1.29 is 14.2 Å². The molecule has 1 fully saturated rings. The van der Waals surface area contributed by atoms with Gasteiger partial charge in [0, 0.05) is 12.3 Å². The van der Waals surface area contributed by atoms with Crippen LogP contribution in [0, 0.1) is 0 Å². The number of H-pyrrole nitrogens is 1. The first kappa shape index (κ1) is 22.2. The van der Waals surface area contributed by atoms with Crippen molar-refractivity contribution in [3.8, 4) is 0 Å². The Kier molecular flexibility index (Phi) is 6.66. The number of nitrogens with two attached hydrogens (primary N) is 1. The summed E-state index contributed by atoms with van der Waals surface area (Å²) in [6.45, 7) is 2.76. The first-order valence-corrected chi connectivity index (χ1v) is 10.5. The molecule has 0 amide bonds. The summed E-state index contributed by atoms with van der Waals surface area (Å²) in [6, 6.07) is 20.8. The van der Waals surface area contributed by atoms with Gasteiger partial charge in [-0.05, 0) is 18.1 Å². The van der Waals surface area contributed by atoms with Gasteiger partial charge in [-0.1, -0.05) is 60.7 Å². The van der Waals surface area contributed by atoms with Crippen molar-refractivity contribution in [3.63, 3.8) is 0 Å². The van der Waals surface area contributed by atoms with E-state index in [1.807, 2.05) is 60.7 Å². The fourth-order valence-electron chi connectivity index (χ4n) is 3.94. The molecule has 1 saturated heterocycles. The van der Waals surface area contributed by atoms with Gasteiger partial charge in [0.05, 0.1) is 25.4 Å². The molecule has 4 atom stereocenters. The number of ether oxygens (including phenoxy) is 3. The third-order valence-corrected chi connectivity index (χ3v) is 5.56. The van der Waals surface area contributed by atoms with Gasteiger partial charge in [0.1, 0.15) is 12.2 Å². The van der Waals surface area contributed by atoms with Gasteiger partial charge in [0.2, 0.25) is 0 Å². The number of hydrogen-bond donors (Lipinski definition) is 2. The van der Waals surface area contributed by atoms with Crippen LogP contribution in [0.5, 0.6) is 0 Å². The Morgan fingerprint density at radius 3 is 2.25 bits per heavy atom. The van der Waals surface area contributed by atoms with Crippen LogP contribution in [-0.2, 0) is 27.4 Å². The van der Waals surface area contributed by atoms with E-state index in [9.17, 15) is 9.59 Å². The lowest BCUT2D eigenvalue weighted by molar-refractivity contribution is -0.0832. The number of aromatic nitrogens is 2. The van der Waals surface area contributed by atoms with Crippen molar-refractivity contribution in [1.29, 1.82) is 0 Å². The molecular formula is C24H27N3O5. The maximum Gasteiger partial charge on any atom is 0.330 e. The highest BCUT2D eigenvalue weighted by Crippen LogP contribution is 2.38. The summed E-state index contributed by atoms with van der Waals surface area (Å²) in [5, 5.41) is 0. The largest absolute Gasteiger partial charge is 0.374 e. The van der Waals surface area contributed by atoms with Crippen LogP contribution in [0.1, 0.15) is 24.3 Å². The lowest BCUT2D eigenvalue weighted by Crippen LogP contribution is -2.54. The second-order valence-corrected chi connectivity index (χ2v) is 8.13. The molecule has 0 unspecified atom stereocenters. The van der Waals surface area contributed by atoms with Crippen LogP contribution in [0.3, 0.4) is 0 Å². The summed E-state index contributed by atoms with van der Waals surface area (Å²) < 4.78 is 19.6. The van der Waals surface area contributed by atoms with E-state index < -0.39 is 35.2 Å². The SMILES string of the molecule is C[C@@]1(N)[C@H](OCc2ccccc2)[C@@H](COCc2ccccc2)O[C@H]1n1ccc(=O)[nH]c1=O. The number of aromatic amines is 1. The molecule has 2 aromatic carbocycles. The van der Waals surface area contributed by atoms with E-state index in [2.05, 4.69) is 4.98 Å². The molecule has 0 aliphatic carbocycles. The van der Waals surface area contributed by atoms with E-state index >= 15 is 0 Å². The Morgan fingerprint density at radius 2 is 1.62 bits per heavy atom. The van der Waals surface area contributed by atoms with Crippen LogP contribution < -0.4 is 17.0 Å². The van der Waals surface area contributed by atoms with Gasteiger partial charge < -0.3 is 19.9 Å². The van der Waals surface area contributed by atoms with Crippen LogP contribution in [0.2, 0.25) is 0 Å². The predicted octanol–water partition coefficient (Wildman–Crippen LogP) is 1.95. The quantitative estimate of drug-likeness (QED) is 0.558. The first-order valence-electron chi connectivity index (χ1n) is 10.5. The highest BCUT2D eigenvalue weighted by Gasteiger charge is 2.53. The van der Waals surface area contributed by atoms with E-state index in [0.717, 1.165) is 11.1 Å². The molecule has 2 heterocycles. The zero-order valence-electron chi connectivity index (χ0n) is 17.8. The maximum absolute atomic E-state index is 12.4. The molecular weight excluding hydrogens is 410 g/mol. The second kappa shape index (κ2) is 9.62. The third-order valence-electron chi connectivity index (χ3n) is 5.56. The average molecular weight is 437 g/mol. The molecule has 3 aromatic rings. The van der Waals surface area contributed by atoms with Gasteiger partial charge in [0.25, 0.3) is 5.56 Å². The smallest absolute Gasteiger partial charge is 0.330 e. The number of rotatable bonds is 8. The van der Waals surface area contributed by atoms with Gasteiger partial charge in [-0.2, -0.15) is 0 Å². The van der Waals surface area contributed by atoms with E-state index in [0.29, 0.717) is 13.2 Å². The molecule has 1 aliphatic heterocycles. The molecule has 0 radical (unpaired) electrons. The molecule has 168 valence electrons. The van der Waals surface area contributed by atoms with Crippen molar-refractivity contribution in [1.82, 2.24) is 9.55 Å². The number of nitrogens with one attached hydrogen (secondary N) is 1. The van der Waals surface area contributed by atoms with Crippen molar-refractivity contribution in [2.24, 2.45) is 5.73 Å². The summed E-state index contributed by atoms with van der Waals surface area (Å²) in [5.41, 5.74) is 6.59. The van der Waals surface area contributed by atoms with Gasteiger partial charge in [-0.25, -0.2) is 4.79 Å². The van der Waals surface area contributed by atoms with Gasteiger partial charge in [-0.3, -0.25) is 14.3 Å². The molecule has 0 spiro atoms. The molecule has 8 nitrogen and oxygen atoms in total. The van der Waals surface area contributed by atoms with E-state index in [1.165, 1.54) is 16.8 Å². The average Bonchev–Trinajstić information content (AvgIpc) is 3.03. The van der Waals surface area contributed by atoms with Crippen LogP contribution >= 0.6 is 0 Å². The fraction of sp³-hybridized carbons (Fsp3) is 0.333. The van der Waals surface area contributed by atoms with Gasteiger partial charge in [0.15, 0.2) is 6.23 Å². The number of hydrogen-bond acceptors (Lipinski definition) is 6. The normalized spacial score (nSPS) is 25.1. The Labute approximate surface area is 185 Å². The molecule has 0 saturated carbocycles. The Balaban J connectivity index is 1.54. The zero-order valence-corrected chi connectivity index (χ0v) is 17.8. The number of nitrogens with zero attached hydrogens (tertiary/aromatic N) is 1. The van der Waals surface area contributed by atoms with Crippen molar-refractivity contribution in [2.45, 2.75) is 44.1 Å². The minimum Gasteiger partial charge on any atom is -0.374 e. The first-order chi connectivity index (χ1) is 15.4. The molecule has 4 rings (SSSR count). The van der Waals surface area contributed by atoms with Gasteiger partial charge in [-0.15, -0.1) is 0 Å². The standard InChI is InChI=1S/C24H27N3O5/c1-24(25)21(31-15-18-10-6-3-7-11-18)19(16-30-14-17-8-4-2-5-9-17)32-22(24)27-13-12-20(28)26-23(27)29/h2-13,19,21-22H,14-16,25H2,1H3,(H,26,28,29)/t19-,21-,22-,24-/m1/s1. The Bertz CT molecular complexity index is 1130. The Morgan fingerprint density at radius 1 is 1.00 bits per heavy atom. The maximum atomic E-state index is 12.4. The van der Waals surface area contributed by atoms with E-state index in [1.54, 1.807) is 6.92 Å². The summed E-state index contributed by atoms with van der Waals surface area (Å²) in [5.74, 6) is 0. The lowest BCUT2D eigenvalue weighted by atomic mass is 9.93. The monoisotopic (exact) mass is 437 g/mol. The van der Waals surface area contributed by atoms with Crippen LogP contribution in [0.4, 0.5) is 0 Å². The zero-order chi connectivity index (χ0) is 22.6. The topological polar surface area (TPSA) is 109 Å². The highest BCUT2D eigenvalue weighted by molar-refractivity contribution is 5.15. The van der Waals surface area contributed by atoms with Crippen LogP contribution in [-0.4, -0.2) is 33.9 Å². The van der Waals surface area contributed by atoms with E-state index in [-0.39, 0.29) is 6.61 Å². The minimum absolute atomic E-state index is 0.232. The molecule has 8 heteroatoms. The van der Waals surface area contributed by atoms with Crippen molar-refractivity contribution >= 4 is 0 Å². The van der Waals surface area contributed by atoms with Crippen molar-refractivity contribution in [2.75, 3.05) is 6.61 Å². The predicted molar refractivity (Wildman–Crippen MR) is 119 cm³/mol. The summed E-state index contributed by atoms with van der Waals surface area (Å²) in [4.78, 5) is 26.2. The second-order valence-electron chi connectivity index (χ2n) is 8.13. The van der Waals surface area contributed by atoms with Crippen LogP contribution in [0.25, 0.3) is 0 Å². The molecule has 1 aromatic heterocycles.